The van der Waals surface area contributed by atoms with Crippen LogP contribution in [-0.2, 0) is 0 Å². The quantitative estimate of drug-likeness (QED) is 0.528. The number of carbonyl (C=O) groups is 1. The Morgan fingerprint density at radius 2 is 1.77 bits per heavy atom. The van der Waals surface area contributed by atoms with Crippen molar-refractivity contribution in [2.45, 2.75) is 0 Å². The maximum atomic E-state index is 10.5. The number of benzene rings is 2. The topological polar surface area (TPSA) is 43.1 Å². The van der Waals surface area contributed by atoms with Crippen molar-refractivity contribution in [3.63, 3.8) is 0 Å². The number of aldehydes is 1. The zero-order chi connectivity index (χ0) is 9.26. The molecule has 64 valence electrons. The van der Waals surface area contributed by atoms with E-state index < -0.39 is 0 Å². The van der Waals surface area contributed by atoms with Gasteiger partial charge in [0.05, 0.1) is 0 Å². The molecule has 2 aromatic rings. The molecule has 2 rings (SSSR count). The van der Waals surface area contributed by atoms with Crippen molar-refractivity contribution in [3.8, 4) is 0 Å². The summed E-state index contributed by atoms with van der Waals surface area (Å²) in [6.07, 6.45) is 0.836. The average Bonchev–Trinajstić information content (AvgIpc) is 2.16. The van der Waals surface area contributed by atoms with Gasteiger partial charge in [-0.05, 0) is 29.0 Å². The van der Waals surface area contributed by atoms with Gasteiger partial charge in [-0.1, -0.05) is 18.2 Å². The number of fused-ring (bicyclic) bond motifs is 1. The van der Waals surface area contributed by atoms with Crippen LogP contribution in [-0.4, -0.2) is 6.29 Å². The first kappa shape index (κ1) is 7.80. The molecular weight excluding hydrogens is 162 g/mol. The number of nitrogen functional groups attached to an aromatic ring is 1. The van der Waals surface area contributed by atoms with Gasteiger partial charge in [0, 0.05) is 11.3 Å². The molecule has 0 heterocycles. The molecule has 13 heavy (non-hydrogen) atoms. The van der Waals surface area contributed by atoms with Gasteiger partial charge < -0.3 is 5.73 Å². The lowest BCUT2D eigenvalue weighted by atomic mass is 10.1. The van der Waals surface area contributed by atoms with Crippen LogP contribution in [0.3, 0.4) is 0 Å². The first-order valence-electron chi connectivity index (χ1n) is 4.04. The van der Waals surface area contributed by atoms with Crippen molar-refractivity contribution in [2.24, 2.45) is 0 Å². The third kappa shape index (κ3) is 1.38. The molecule has 0 spiro atoms. The molecule has 2 heteroatoms. The molecule has 2 aromatic carbocycles. The molecule has 0 aliphatic carbocycles. The second-order valence-corrected chi connectivity index (χ2v) is 2.98. The van der Waals surface area contributed by atoms with E-state index in [0.29, 0.717) is 5.56 Å². The fraction of sp³-hybridized carbons (Fsp3) is 0. The standard InChI is InChI=1S/C11H9NO/c12-11-4-3-9-2-1-8(7-13)5-10(9)6-11/h1-7H,12H2. The van der Waals surface area contributed by atoms with E-state index in [1.54, 1.807) is 6.07 Å². The summed E-state index contributed by atoms with van der Waals surface area (Å²) < 4.78 is 0. The fourth-order valence-electron chi connectivity index (χ4n) is 1.36. The van der Waals surface area contributed by atoms with Crippen molar-refractivity contribution in [3.05, 3.63) is 42.0 Å². The van der Waals surface area contributed by atoms with Crippen LogP contribution in [0.5, 0.6) is 0 Å². The molecule has 0 fully saturated rings. The van der Waals surface area contributed by atoms with Gasteiger partial charge in [-0.2, -0.15) is 0 Å². The van der Waals surface area contributed by atoms with Crippen LogP contribution in [0.2, 0.25) is 0 Å². The lowest BCUT2D eigenvalue weighted by Gasteiger charge is -1.99. The maximum Gasteiger partial charge on any atom is 0.150 e. The molecule has 0 aliphatic rings. The summed E-state index contributed by atoms with van der Waals surface area (Å²) in [5, 5.41) is 2.10. The lowest BCUT2D eigenvalue weighted by molar-refractivity contribution is 0.112. The number of hydrogen-bond acceptors (Lipinski definition) is 2. The second-order valence-electron chi connectivity index (χ2n) is 2.98. The Hall–Kier alpha value is -1.83. The highest BCUT2D eigenvalue weighted by Gasteiger charge is 1.95. The van der Waals surface area contributed by atoms with Crippen LogP contribution < -0.4 is 5.73 Å². The van der Waals surface area contributed by atoms with E-state index in [9.17, 15) is 4.79 Å². The summed E-state index contributed by atoms with van der Waals surface area (Å²) in [6, 6.07) is 11.2. The van der Waals surface area contributed by atoms with Crippen molar-refractivity contribution in [1.29, 1.82) is 0 Å². The largest absolute Gasteiger partial charge is 0.399 e. The number of anilines is 1. The lowest BCUT2D eigenvalue weighted by Crippen LogP contribution is -1.85. The van der Waals surface area contributed by atoms with Crippen molar-refractivity contribution in [1.82, 2.24) is 0 Å². The predicted octanol–water partition coefficient (Wildman–Crippen LogP) is 2.23. The highest BCUT2D eigenvalue weighted by Crippen LogP contribution is 2.18. The van der Waals surface area contributed by atoms with Gasteiger partial charge >= 0.3 is 0 Å². The van der Waals surface area contributed by atoms with Crippen LogP contribution in [0.15, 0.2) is 36.4 Å². The highest BCUT2D eigenvalue weighted by atomic mass is 16.1. The Kier molecular flexibility index (Phi) is 1.74. The number of carbonyl (C=O) groups excluding carboxylic acids is 1. The average molecular weight is 171 g/mol. The van der Waals surface area contributed by atoms with Gasteiger partial charge in [-0.3, -0.25) is 4.79 Å². The molecule has 0 atom stereocenters. The molecule has 0 radical (unpaired) electrons. The molecule has 0 saturated heterocycles. The third-order valence-corrected chi connectivity index (χ3v) is 2.02. The van der Waals surface area contributed by atoms with Gasteiger partial charge in [-0.15, -0.1) is 0 Å². The van der Waals surface area contributed by atoms with E-state index in [4.69, 9.17) is 5.73 Å². The zero-order valence-corrected chi connectivity index (χ0v) is 7.03. The summed E-state index contributed by atoms with van der Waals surface area (Å²) in [5.41, 5.74) is 7.02. The minimum atomic E-state index is 0.679. The second kappa shape index (κ2) is 2.90. The van der Waals surface area contributed by atoms with E-state index in [1.165, 1.54) is 0 Å². The van der Waals surface area contributed by atoms with E-state index in [2.05, 4.69) is 0 Å². The van der Waals surface area contributed by atoms with Gasteiger partial charge in [0.1, 0.15) is 6.29 Å². The molecule has 0 aromatic heterocycles. The van der Waals surface area contributed by atoms with Crippen LogP contribution >= 0.6 is 0 Å². The van der Waals surface area contributed by atoms with E-state index in [1.807, 2.05) is 30.3 Å². The van der Waals surface area contributed by atoms with Crippen LogP contribution in [0.25, 0.3) is 10.8 Å². The predicted molar refractivity (Wildman–Crippen MR) is 53.7 cm³/mol. The Balaban J connectivity index is 2.74. The van der Waals surface area contributed by atoms with E-state index in [0.717, 1.165) is 22.7 Å². The van der Waals surface area contributed by atoms with E-state index >= 15 is 0 Å². The van der Waals surface area contributed by atoms with Crippen LogP contribution in [0, 0.1) is 0 Å². The SMILES string of the molecule is Nc1ccc2ccc(C=O)cc2c1. The Morgan fingerprint density at radius 3 is 2.54 bits per heavy atom. The zero-order valence-electron chi connectivity index (χ0n) is 7.03. The first-order chi connectivity index (χ1) is 6.29. The van der Waals surface area contributed by atoms with Crippen molar-refractivity contribution in [2.75, 3.05) is 5.73 Å². The van der Waals surface area contributed by atoms with E-state index in [-0.39, 0.29) is 0 Å². The minimum Gasteiger partial charge on any atom is -0.399 e. The van der Waals surface area contributed by atoms with Crippen LogP contribution in [0.1, 0.15) is 10.4 Å². The third-order valence-electron chi connectivity index (χ3n) is 2.02. The first-order valence-corrected chi connectivity index (χ1v) is 4.04. The summed E-state index contributed by atoms with van der Waals surface area (Å²) in [4.78, 5) is 10.5. The van der Waals surface area contributed by atoms with Gasteiger partial charge in [0.15, 0.2) is 0 Å². The summed E-state index contributed by atoms with van der Waals surface area (Å²) in [7, 11) is 0. The maximum absolute atomic E-state index is 10.5. The summed E-state index contributed by atoms with van der Waals surface area (Å²) in [5.74, 6) is 0. The minimum absolute atomic E-state index is 0.679. The van der Waals surface area contributed by atoms with Crippen LogP contribution in [0.4, 0.5) is 5.69 Å². The summed E-state index contributed by atoms with van der Waals surface area (Å²) in [6.45, 7) is 0. The van der Waals surface area contributed by atoms with Gasteiger partial charge in [0.2, 0.25) is 0 Å². The monoisotopic (exact) mass is 171 g/mol. The van der Waals surface area contributed by atoms with Crippen molar-refractivity contribution < 1.29 is 4.79 Å². The number of nitrogens with two attached hydrogens (primary N) is 1. The van der Waals surface area contributed by atoms with Crippen molar-refractivity contribution >= 4 is 22.7 Å². The smallest absolute Gasteiger partial charge is 0.150 e. The normalized spacial score (nSPS) is 10.2. The molecule has 0 unspecified atom stereocenters. The molecule has 2 nitrogen and oxygen atoms in total. The molecule has 0 aliphatic heterocycles. The highest BCUT2D eigenvalue weighted by molar-refractivity contribution is 5.90. The molecule has 0 amide bonds. The Morgan fingerprint density at radius 1 is 1.00 bits per heavy atom. The molecular formula is C11H9NO. The Labute approximate surface area is 76.0 Å². The van der Waals surface area contributed by atoms with Gasteiger partial charge in [-0.25, -0.2) is 0 Å². The number of hydrogen-bond donors (Lipinski definition) is 1. The molecule has 0 bridgehead atoms. The van der Waals surface area contributed by atoms with Gasteiger partial charge in [0.25, 0.3) is 0 Å². The molecule has 0 saturated carbocycles. The fourth-order valence-corrected chi connectivity index (χ4v) is 1.36. The Bertz CT molecular complexity index is 463. The molecule has 2 N–H and O–H groups in total. The number of rotatable bonds is 1. The summed E-state index contributed by atoms with van der Waals surface area (Å²) >= 11 is 0.